The number of nitrogens with zero attached hydrogens (tertiary/aromatic N) is 3. The average Bonchev–Trinajstić information content (AvgIpc) is 3.47. The quantitative estimate of drug-likeness (QED) is 0.141. The first-order chi connectivity index (χ1) is 20.7. The number of aliphatic carboxylic acids is 1. The number of carboxylic acids is 1. The van der Waals surface area contributed by atoms with E-state index in [9.17, 15) is 19.1 Å². The van der Waals surface area contributed by atoms with Crippen LogP contribution in [-0.4, -0.2) is 45.7 Å². The molecular formula is C35H32ClFN3NiO3-. The van der Waals surface area contributed by atoms with Crippen molar-refractivity contribution in [3.63, 3.8) is 0 Å². The summed E-state index contributed by atoms with van der Waals surface area (Å²) in [6.45, 7) is 2.85. The molecule has 2 atom stereocenters. The first kappa shape index (κ1) is 33.1. The number of carbonyl (C=O) groups is 2. The molecular weight excluding hydrogens is 624 g/mol. The van der Waals surface area contributed by atoms with E-state index in [1.807, 2.05) is 60.7 Å². The van der Waals surface area contributed by atoms with Crippen LogP contribution in [0.1, 0.15) is 42.0 Å². The van der Waals surface area contributed by atoms with Crippen molar-refractivity contribution in [2.75, 3.05) is 6.54 Å². The molecule has 1 amide bonds. The van der Waals surface area contributed by atoms with Gasteiger partial charge in [-0.1, -0.05) is 96.5 Å². The normalized spacial score (nSPS) is 16.5. The van der Waals surface area contributed by atoms with Gasteiger partial charge in [-0.2, -0.15) is 0 Å². The van der Waals surface area contributed by atoms with Gasteiger partial charge in [-0.3, -0.25) is 9.89 Å². The van der Waals surface area contributed by atoms with Gasteiger partial charge in [0.25, 0.3) is 0 Å². The maximum atomic E-state index is 13.7. The van der Waals surface area contributed by atoms with E-state index in [0.717, 1.165) is 18.5 Å². The molecule has 4 aromatic rings. The number of hydrogen-bond donors (Lipinski definition) is 1. The topological polar surface area (TPSA) is 84.1 Å². The fourth-order valence-corrected chi connectivity index (χ4v) is 5.59. The van der Waals surface area contributed by atoms with E-state index in [2.05, 4.69) is 10.2 Å². The monoisotopic (exact) mass is 654 g/mol. The number of para-hydroxylation sites is 1. The van der Waals surface area contributed by atoms with Crippen LogP contribution in [0.25, 0.3) is 5.32 Å². The summed E-state index contributed by atoms with van der Waals surface area (Å²) in [4.78, 5) is 33.3. The molecule has 0 aliphatic carbocycles. The number of rotatable bonds is 10. The van der Waals surface area contributed by atoms with E-state index in [1.54, 1.807) is 30.3 Å². The fraction of sp³-hybridized carbons (Fsp3) is 0.229. The molecule has 6 nitrogen and oxygen atoms in total. The van der Waals surface area contributed by atoms with Crippen LogP contribution >= 0.6 is 11.6 Å². The molecule has 1 aliphatic heterocycles. The maximum Gasteiger partial charge on any atom is 0.331 e. The molecule has 9 heteroatoms. The Morgan fingerprint density at radius 1 is 0.977 bits per heavy atom. The van der Waals surface area contributed by atoms with Gasteiger partial charge in [-0.05, 0) is 61.2 Å². The second-order valence-electron chi connectivity index (χ2n) is 10.9. The molecule has 44 heavy (non-hydrogen) atoms. The summed E-state index contributed by atoms with van der Waals surface area (Å²) < 4.78 is 13.6. The largest absolute Gasteiger partial charge is 0.625 e. The van der Waals surface area contributed by atoms with Crippen LogP contribution in [0.5, 0.6) is 0 Å². The number of benzene rings is 4. The minimum atomic E-state index is -1.59. The molecule has 1 fully saturated rings. The van der Waals surface area contributed by atoms with Crippen LogP contribution in [0.2, 0.25) is 5.02 Å². The van der Waals surface area contributed by atoms with Gasteiger partial charge in [0, 0.05) is 40.0 Å². The van der Waals surface area contributed by atoms with Gasteiger partial charge in [-0.15, -0.1) is 5.69 Å². The third-order valence-electron chi connectivity index (χ3n) is 7.70. The zero-order chi connectivity index (χ0) is 30.4. The first-order valence-electron chi connectivity index (χ1n) is 14.2. The van der Waals surface area contributed by atoms with Crippen LogP contribution < -0.4 is 0 Å². The molecule has 1 aliphatic rings. The number of halogens is 2. The van der Waals surface area contributed by atoms with Crippen LogP contribution in [0.3, 0.4) is 0 Å². The Morgan fingerprint density at radius 2 is 1.64 bits per heavy atom. The number of carbonyl (C=O) groups excluding carboxylic acids is 1. The predicted octanol–water partition coefficient (Wildman–Crippen LogP) is 7.60. The number of aliphatic imine (C=N–C) groups is 1. The summed E-state index contributed by atoms with van der Waals surface area (Å²) in [5, 5.41) is 15.6. The molecule has 1 saturated heterocycles. The van der Waals surface area contributed by atoms with Crippen LogP contribution in [-0.2, 0) is 39.0 Å². The predicted molar refractivity (Wildman–Crippen MR) is 168 cm³/mol. The van der Waals surface area contributed by atoms with Crippen molar-refractivity contribution in [2.24, 2.45) is 4.99 Å². The maximum absolute atomic E-state index is 13.7. The van der Waals surface area contributed by atoms with Gasteiger partial charge >= 0.3 is 5.97 Å². The number of carboxylic acid groups (broad SMARTS) is 1. The summed E-state index contributed by atoms with van der Waals surface area (Å²) in [6, 6.07) is 29.4. The zero-order valence-corrected chi connectivity index (χ0v) is 25.8. The molecule has 0 spiro atoms. The molecule has 0 saturated carbocycles. The Balaban J connectivity index is 0.00000442. The van der Waals surface area contributed by atoms with Gasteiger partial charge in [0.15, 0.2) is 5.54 Å². The van der Waals surface area contributed by atoms with Crippen molar-refractivity contribution in [2.45, 2.75) is 44.3 Å². The van der Waals surface area contributed by atoms with Gasteiger partial charge in [0.05, 0.1) is 17.7 Å². The summed E-state index contributed by atoms with van der Waals surface area (Å²) >= 11 is 6.40. The Kier molecular flexibility index (Phi) is 11.1. The van der Waals surface area contributed by atoms with E-state index in [0.29, 0.717) is 46.1 Å². The smallest absolute Gasteiger partial charge is 0.331 e. The zero-order valence-electron chi connectivity index (χ0n) is 24.1. The Labute approximate surface area is 271 Å². The van der Waals surface area contributed by atoms with Crippen molar-refractivity contribution < 1.29 is 35.6 Å². The summed E-state index contributed by atoms with van der Waals surface area (Å²) in [5.74, 6) is -1.80. The SMILES string of the molecule is C[C@@](Cc1ccc(F)cc1)(N=C(c1ccccc1)c1ccccc1[N-]C(=O)[C@@H]1CCCN1Cc1ccccc1Cl)C(=O)O.[Ni]. The minimum Gasteiger partial charge on any atom is -0.625 e. The van der Waals surface area contributed by atoms with Crippen LogP contribution in [0.15, 0.2) is 108 Å². The summed E-state index contributed by atoms with van der Waals surface area (Å²) in [7, 11) is 0. The van der Waals surface area contributed by atoms with Gasteiger partial charge in [0.1, 0.15) is 5.82 Å². The first-order valence-corrected chi connectivity index (χ1v) is 14.6. The molecule has 0 radical (unpaired) electrons. The van der Waals surface area contributed by atoms with Crippen molar-refractivity contribution >= 4 is 34.9 Å². The second-order valence-corrected chi connectivity index (χ2v) is 11.3. The molecule has 0 bridgehead atoms. The third-order valence-corrected chi connectivity index (χ3v) is 8.07. The molecule has 0 aromatic heterocycles. The van der Waals surface area contributed by atoms with E-state index in [1.165, 1.54) is 19.1 Å². The minimum absolute atomic E-state index is 0. The molecule has 1 heterocycles. The third kappa shape index (κ3) is 7.81. The van der Waals surface area contributed by atoms with E-state index >= 15 is 0 Å². The molecule has 230 valence electrons. The van der Waals surface area contributed by atoms with E-state index in [-0.39, 0.29) is 28.8 Å². The van der Waals surface area contributed by atoms with Crippen molar-refractivity contribution in [3.8, 4) is 0 Å². The van der Waals surface area contributed by atoms with Gasteiger partial charge in [0.2, 0.25) is 0 Å². The average molecular weight is 656 g/mol. The van der Waals surface area contributed by atoms with Crippen LogP contribution in [0.4, 0.5) is 10.1 Å². The van der Waals surface area contributed by atoms with Crippen molar-refractivity contribution in [3.05, 3.63) is 142 Å². The number of likely N-dealkylation sites (tertiary alicyclic amines) is 1. The Morgan fingerprint density at radius 3 is 2.34 bits per heavy atom. The fourth-order valence-electron chi connectivity index (χ4n) is 5.39. The van der Waals surface area contributed by atoms with E-state index < -0.39 is 23.4 Å². The Bertz CT molecular complexity index is 1630. The molecule has 5 rings (SSSR count). The summed E-state index contributed by atoms with van der Waals surface area (Å²) in [5.41, 5.74) is 2.05. The summed E-state index contributed by atoms with van der Waals surface area (Å²) in [6.07, 6.45) is 1.59. The molecule has 0 unspecified atom stereocenters. The number of hydrogen-bond acceptors (Lipinski definition) is 4. The number of amides is 1. The van der Waals surface area contributed by atoms with E-state index in [4.69, 9.17) is 16.6 Å². The van der Waals surface area contributed by atoms with Gasteiger partial charge < -0.3 is 15.2 Å². The molecule has 4 aromatic carbocycles. The molecule has 1 N–H and O–H groups in total. The van der Waals surface area contributed by atoms with Crippen molar-refractivity contribution in [1.29, 1.82) is 0 Å². The second kappa shape index (κ2) is 14.8. The van der Waals surface area contributed by atoms with Gasteiger partial charge in [-0.25, -0.2) is 9.18 Å². The van der Waals surface area contributed by atoms with Crippen molar-refractivity contribution in [1.82, 2.24) is 4.90 Å². The Hall–Kier alpha value is -3.84. The van der Waals surface area contributed by atoms with Crippen LogP contribution in [0, 0.1) is 5.82 Å². The standard InChI is InChI=1S/C35H33ClFN3O3.Ni/c1-35(34(42)43,22-24-17-19-27(37)20-18-24)39-32(25-10-3-2-4-11-25)28-13-6-8-15-30(28)38-33(41)31-16-9-21-40(31)23-26-12-5-7-14-29(26)36;/h2-8,10-15,17-20,31H,9,16,21-23H2,1H3,(H2,38,39,41,42,43);/p-1/t31-,35-;/m0./s1.